The molecule has 2 heterocycles. The Kier molecular flexibility index (Phi) is 1.92. The summed E-state index contributed by atoms with van der Waals surface area (Å²) in [4.78, 5) is 3.93. The van der Waals surface area contributed by atoms with Crippen molar-refractivity contribution in [2.75, 3.05) is 25.4 Å². The van der Waals surface area contributed by atoms with Gasteiger partial charge >= 0.3 is 0 Å². The number of nitrogens with zero attached hydrogens (tertiary/aromatic N) is 2. The summed E-state index contributed by atoms with van der Waals surface area (Å²) >= 11 is 0. The Morgan fingerprint density at radius 1 is 1.50 bits per heavy atom. The lowest BCUT2D eigenvalue weighted by molar-refractivity contribution is 0.307. The summed E-state index contributed by atoms with van der Waals surface area (Å²) in [6.45, 7) is 2.69. The van der Waals surface area contributed by atoms with E-state index in [-0.39, 0.29) is 12.0 Å². The van der Waals surface area contributed by atoms with Crippen molar-refractivity contribution in [3.05, 3.63) is 5.89 Å². The molecule has 4 N–H and O–H groups in total. The molecule has 1 aromatic rings. The topological polar surface area (TPSA) is 89.0 Å². The van der Waals surface area contributed by atoms with Crippen molar-refractivity contribution in [3.63, 3.8) is 0 Å². The lowest BCUT2D eigenvalue weighted by atomic mass is 10.2. The lowest BCUT2D eigenvalue weighted by Crippen LogP contribution is -2.42. The summed E-state index contributed by atoms with van der Waals surface area (Å²) in [6.07, 6.45) is 0. The fourth-order valence-corrected chi connectivity index (χ4v) is 1.22. The van der Waals surface area contributed by atoms with Crippen molar-refractivity contribution >= 4 is 5.95 Å². The third kappa shape index (κ3) is 1.39. The van der Waals surface area contributed by atoms with E-state index in [2.05, 4.69) is 20.8 Å². The normalized spacial score (nSPS) is 24.2. The summed E-state index contributed by atoms with van der Waals surface area (Å²) in [7, 11) is 0. The van der Waals surface area contributed by atoms with Gasteiger partial charge in [-0.1, -0.05) is 0 Å². The van der Waals surface area contributed by atoms with Gasteiger partial charge in [0, 0.05) is 19.6 Å². The Morgan fingerprint density at radius 3 is 3.00 bits per heavy atom. The van der Waals surface area contributed by atoms with Gasteiger partial charge in [0.15, 0.2) is 0 Å². The number of anilines is 1. The first kappa shape index (κ1) is 7.51. The van der Waals surface area contributed by atoms with E-state index < -0.39 is 0 Å². The van der Waals surface area contributed by atoms with Crippen molar-refractivity contribution in [2.45, 2.75) is 6.04 Å². The molecule has 6 heteroatoms. The van der Waals surface area contributed by atoms with Gasteiger partial charge in [-0.05, 0) is 5.16 Å². The number of aromatic nitrogens is 2. The molecule has 1 aliphatic rings. The zero-order chi connectivity index (χ0) is 8.39. The van der Waals surface area contributed by atoms with E-state index in [9.17, 15) is 0 Å². The van der Waals surface area contributed by atoms with Crippen LogP contribution in [0.15, 0.2) is 4.52 Å². The zero-order valence-corrected chi connectivity index (χ0v) is 6.58. The van der Waals surface area contributed by atoms with Gasteiger partial charge in [0.2, 0.25) is 5.89 Å². The molecule has 1 aromatic heterocycles. The monoisotopic (exact) mass is 169 g/mol. The fourth-order valence-electron chi connectivity index (χ4n) is 1.22. The number of hydrogen-bond acceptors (Lipinski definition) is 6. The van der Waals surface area contributed by atoms with Crippen LogP contribution in [0.3, 0.4) is 0 Å². The number of nitrogens with one attached hydrogen (secondary N) is 2. The lowest BCUT2D eigenvalue weighted by Gasteiger charge is -2.20. The average molecular weight is 169 g/mol. The van der Waals surface area contributed by atoms with Crippen LogP contribution in [0, 0.1) is 0 Å². The second-order valence-electron chi connectivity index (χ2n) is 2.70. The van der Waals surface area contributed by atoms with Crippen LogP contribution in [0.5, 0.6) is 0 Å². The van der Waals surface area contributed by atoms with Gasteiger partial charge in [0.05, 0.1) is 6.04 Å². The summed E-state index contributed by atoms with van der Waals surface area (Å²) in [6, 6.07) is 0.101. The maximum atomic E-state index is 5.32. The van der Waals surface area contributed by atoms with Gasteiger partial charge in [-0.25, -0.2) is 0 Å². The molecule has 0 unspecified atom stereocenters. The second kappa shape index (κ2) is 3.08. The van der Waals surface area contributed by atoms with Gasteiger partial charge in [-0.3, -0.25) is 0 Å². The fraction of sp³-hybridized carbons (Fsp3) is 0.667. The molecule has 1 saturated heterocycles. The second-order valence-corrected chi connectivity index (χ2v) is 2.70. The predicted octanol–water partition coefficient (Wildman–Crippen LogP) is -1.11. The molecule has 66 valence electrons. The van der Waals surface area contributed by atoms with Crippen LogP contribution < -0.4 is 16.4 Å². The van der Waals surface area contributed by atoms with Crippen molar-refractivity contribution in [3.8, 4) is 0 Å². The van der Waals surface area contributed by atoms with Gasteiger partial charge in [-0.15, -0.1) is 0 Å². The van der Waals surface area contributed by atoms with E-state index in [1.54, 1.807) is 0 Å². The molecule has 0 amide bonds. The summed E-state index contributed by atoms with van der Waals surface area (Å²) < 4.78 is 4.92. The van der Waals surface area contributed by atoms with Crippen LogP contribution >= 0.6 is 0 Å². The average Bonchev–Trinajstić information content (AvgIpc) is 2.54. The molecular weight excluding hydrogens is 158 g/mol. The van der Waals surface area contributed by atoms with Crippen LogP contribution in [0.25, 0.3) is 0 Å². The minimum atomic E-state index is 0.101. The molecule has 2 rings (SSSR count). The standard InChI is InChI=1S/C6H11N5O/c7-6-10-5(12-11-6)4-3-8-1-2-9-4/h4,8-9H,1-3H2,(H2,7,11)/t4-/m0/s1. The Hall–Kier alpha value is -1.14. The van der Waals surface area contributed by atoms with E-state index in [4.69, 9.17) is 10.3 Å². The molecule has 0 aliphatic carbocycles. The highest BCUT2D eigenvalue weighted by Gasteiger charge is 2.19. The highest BCUT2D eigenvalue weighted by atomic mass is 16.5. The minimum Gasteiger partial charge on any atom is -0.365 e. The Bertz CT molecular complexity index is 254. The van der Waals surface area contributed by atoms with Gasteiger partial charge in [0.1, 0.15) is 0 Å². The van der Waals surface area contributed by atoms with E-state index in [0.717, 1.165) is 19.6 Å². The van der Waals surface area contributed by atoms with Crippen LogP contribution in [0.4, 0.5) is 5.95 Å². The summed E-state index contributed by atoms with van der Waals surface area (Å²) in [5, 5.41) is 9.96. The van der Waals surface area contributed by atoms with E-state index >= 15 is 0 Å². The molecule has 1 fully saturated rings. The quantitative estimate of drug-likeness (QED) is 0.493. The van der Waals surface area contributed by atoms with E-state index in [1.807, 2.05) is 0 Å². The van der Waals surface area contributed by atoms with Crippen molar-refractivity contribution < 1.29 is 4.52 Å². The molecule has 1 atom stereocenters. The maximum Gasteiger partial charge on any atom is 0.260 e. The third-order valence-corrected chi connectivity index (χ3v) is 1.80. The minimum absolute atomic E-state index is 0.101. The zero-order valence-electron chi connectivity index (χ0n) is 6.58. The summed E-state index contributed by atoms with van der Waals surface area (Å²) in [5.41, 5.74) is 5.32. The smallest absolute Gasteiger partial charge is 0.260 e. The largest absolute Gasteiger partial charge is 0.365 e. The maximum absolute atomic E-state index is 5.32. The van der Waals surface area contributed by atoms with Crippen LogP contribution in [-0.2, 0) is 0 Å². The molecule has 6 nitrogen and oxygen atoms in total. The highest BCUT2D eigenvalue weighted by molar-refractivity contribution is 5.12. The van der Waals surface area contributed by atoms with Crippen molar-refractivity contribution in [2.24, 2.45) is 0 Å². The first-order valence-corrected chi connectivity index (χ1v) is 3.89. The number of nitrogen functional groups attached to an aromatic ring is 1. The summed E-state index contributed by atoms with van der Waals surface area (Å²) in [5.74, 6) is 0.747. The Morgan fingerprint density at radius 2 is 2.42 bits per heavy atom. The first-order valence-electron chi connectivity index (χ1n) is 3.89. The van der Waals surface area contributed by atoms with Gasteiger partial charge in [-0.2, -0.15) is 4.98 Å². The number of piperazine rings is 1. The van der Waals surface area contributed by atoms with Gasteiger partial charge < -0.3 is 20.9 Å². The Labute approximate surface area is 69.5 Å². The highest BCUT2D eigenvalue weighted by Crippen LogP contribution is 2.11. The van der Waals surface area contributed by atoms with Crippen LogP contribution in [0.1, 0.15) is 11.9 Å². The van der Waals surface area contributed by atoms with E-state index in [1.165, 1.54) is 0 Å². The number of hydrogen-bond donors (Lipinski definition) is 3. The molecule has 0 spiro atoms. The first-order chi connectivity index (χ1) is 5.86. The SMILES string of the molecule is Nc1noc([C@@H]2CNCCN2)n1. The van der Waals surface area contributed by atoms with Crippen molar-refractivity contribution in [1.29, 1.82) is 0 Å². The predicted molar refractivity (Wildman–Crippen MR) is 42.3 cm³/mol. The number of nitrogens with two attached hydrogens (primary N) is 1. The molecule has 1 aliphatic heterocycles. The molecule has 0 radical (unpaired) electrons. The molecule has 0 bridgehead atoms. The van der Waals surface area contributed by atoms with Crippen molar-refractivity contribution in [1.82, 2.24) is 20.8 Å². The molecule has 12 heavy (non-hydrogen) atoms. The van der Waals surface area contributed by atoms with E-state index in [0.29, 0.717) is 5.89 Å². The number of rotatable bonds is 1. The molecule has 0 aromatic carbocycles. The van der Waals surface area contributed by atoms with Crippen LogP contribution in [0.2, 0.25) is 0 Å². The molecular formula is C6H11N5O. The molecule has 0 saturated carbocycles. The van der Waals surface area contributed by atoms with Crippen LogP contribution in [-0.4, -0.2) is 29.8 Å². The van der Waals surface area contributed by atoms with Gasteiger partial charge in [0.25, 0.3) is 5.95 Å². The third-order valence-electron chi connectivity index (χ3n) is 1.80. The Balaban J connectivity index is 2.08.